The van der Waals surface area contributed by atoms with Gasteiger partial charge in [-0.15, -0.1) is 0 Å². The van der Waals surface area contributed by atoms with Gasteiger partial charge in [-0.2, -0.15) is 0 Å². The zero-order chi connectivity index (χ0) is 12.8. The summed E-state index contributed by atoms with van der Waals surface area (Å²) in [5.74, 6) is 0.934. The van der Waals surface area contributed by atoms with E-state index in [2.05, 4.69) is 19.0 Å². The van der Waals surface area contributed by atoms with Crippen molar-refractivity contribution in [1.82, 2.24) is 4.90 Å². The number of carbonyl (C=O) groups is 1. The molecule has 1 rings (SSSR count). The first kappa shape index (κ1) is 13.8. The molecule has 0 saturated heterocycles. The summed E-state index contributed by atoms with van der Waals surface area (Å²) in [6.45, 7) is 4.80. The number of hydrogen-bond acceptors (Lipinski definition) is 3. The summed E-state index contributed by atoms with van der Waals surface area (Å²) >= 11 is 0. The monoisotopic (exact) mass is 241 g/mol. The van der Waals surface area contributed by atoms with E-state index in [4.69, 9.17) is 10.9 Å². The highest BCUT2D eigenvalue weighted by molar-refractivity contribution is 5.81. The van der Waals surface area contributed by atoms with E-state index >= 15 is 0 Å². The summed E-state index contributed by atoms with van der Waals surface area (Å²) in [6, 6.07) is 0.390. The van der Waals surface area contributed by atoms with E-state index < -0.39 is 0 Å². The van der Waals surface area contributed by atoms with Crippen molar-refractivity contribution in [3.63, 3.8) is 0 Å². The molecule has 0 aromatic heterocycles. The van der Waals surface area contributed by atoms with Gasteiger partial charge in [0.1, 0.15) is 5.84 Å². The molecule has 5 nitrogen and oxygen atoms in total. The predicted octanol–water partition coefficient (Wildman–Crippen LogP) is 1.55. The summed E-state index contributed by atoms with van der Waals surface area (Å²) < 4.78 is 0. The Morgan fingerprint density at radius 3 is 2.59 bits per heavy atom. The Morgan fingerprint density at radius 2 is 2.12 bits per heavy atom. The van der Waals surface area contributed by atoms with Crippen molar-refractivity contribution in [3.8, 4) is 0 Å². The van der Waals surface area contributed by atoms with Gasteiger partial charge in [-0.05, 0) is 25.2 Å². The topological polar surface area (TPSA) is 78.9 Å². The molecule has 1 fully saturated rings. The molecule has 1 amide bonds. The van der Waals surface area contributed by atoms with Crippen LogP contribution in [-0.2, 0) is 4.79 Å². The van der Waals surface area contributed by atoms with Gasteiger partial charge in [0.15, 0.2) is 0 Å². The molecule has 1 aliphatic carbocycles. The Bertz CT molecular complexity index is 285. The normalized spacial score (nSPS) is 16.3. The second-order valence-electron chi connectivity index (χ2n) is 5.09. The molecule has 0 aliphatic heterocycles. The minimum absolute atomic E-state index is 0.187. The number of amides is 1. The van der Waals surface area contributed by atoms with Gasteiger partial charge in [0.2, 0.25) is 5.91 Å². The van der Waals surface area contributed by atoms with Crippen LogP contribution in [0, 0.1) is 5.92 Å². The van der Waals surface area contributed by atoms with Crippen LogP contribution in [0.15, 0.2) is 5.16 Å². The number of carbonyl (C=O) groups excluding carboxylic acids is 1. The molecule has 0 atom stereocenters. The number of nitrogens with two attached hydrogens (primary N) is 1. The number of amidine groups is 1. The molecule has 3 N–H and O–H groups in total. The first-order valence-electron chi connectivity index (χ1n) is 6.30. The van der Waals surface area contributed by atoms with Crippen molar-refractivity contribution in [2.45, 2.75) is 52.0 Å². The van der Waals surface area contributed by atoms with Crippen LogP contribution in [0.2, 0.25) is 0 Å². The zero-order valence-electron chi connectivity index (χ0n) is 10.7. The van der Waals surface area contributed by atoms with E-state index in [-0.39, 0.29) is 11.7 Å². The standard InChI is InChI=1S/C12H23N3O2/c1-9(2)3-6-12(16)15(10-4-5-10)8-7-11(13)14-17/h9-10,17H,3-8H2,1-2H3,(H2,13,14). The maximum Gasteiger partial charge on any atom is 0.222 e. The first-order chi connectivity index (χ1) is 8.04. The summed E-state index contributed by atoms with van der Waals surface area (Å²) in [6.07, 6.45) is 4.14. The molecule has 5 heteroatoms. The Balaban J connectivity index is 2.39. The van der Waals surface area contributed by atoms with Crippen LogP contribution < -0.4 is 5.73 Å². The summed E-state index contributed by atoms with van der Waals surface area (Å²) in [5, 5.41) is 11.4. The maximum absolute atomic E-state index is 12.0. The third kappa shape index (κ3) is 5.06. The maximum atomic E-state index is 12.0. The molecular weight excluding hydrogens is 218 g/mol. The van der Waals surface area contributed by atoms with Crippen molar-refractivity contribution in [3.05, 3.63) is 0 Å². The number of nitrogens with zero attached hydrogens (tertiary/aromatic N) is 2. The zero-order valence-corrected chi connectivity index (χ0v) is 10.7. The van der Waals surface area contributed by atoms with Crippen LogP contribution in [0.25, 0.3) is 0 Å². The van der Waals surface area contributed by atoms with Crippen LogP contribution in [0.3, 0.4) is 0 Å². The summed E-state index contributed by atoms with van der Waals surface area (Å²) in [7, 11) is 0. The molecule has 1 aliphatic rings. The number of rotatable bonds is 7. The predicted molar refractivity (Wildman–Crippen MR) is 66.8 cm³/mol. The van der Waals surface area contributed by atoms with E-state index in [0.717, 1.165) is 19.3 Å². The molecule has 17 heavy (non-hydrogen) atoms. The molecule has 0 aromatic rings. The highest BCUT2D eigenvalue weighted by atomic mass is 16.4. The van der Waals surface area contributed by atoms with Crippen molar-refractivity contribution in [2.24, 2.45) is 16.8 Å². The van der Waals surface area contributed by atoms with E-state index in [1.807, 2.05) is 4.90 Å². The van der Waals surface area contributed by atoms with Crippen molar-refractivity contribution < 1.29 is 10.0 Å². The van der Waals surface area contributed by atoms with Crippen LogP contribution in [-0.4, -0.2) is 34.4 Å². The molecule has 1 saturated carbocycles. The Morgan fingerprint density at radius 1 is 1.47 bits per heavy atom. The van der Waals surface area contributed by atoms with E-state index in [1.54, 1.807) is 0 Å². The van der Waals surface area contributed by atoms with E-state index in [1.165, 1.54) is 0 Å². The molecule has 0 aromatic carbocycles. The van der Waals surface area contributed by atoms with Gasteiger partial charge >= 0.3 is 0 Å². The minimum atomic E-state index is 0.187. The van der Waals surface area contributed by atoms with Gasteiger partial charge in [-0.1, -0.05) is 19.0 Å². The fraction of sp³-hybridized carbons (Fsp3) is 0.833. The average molecular weight is 241 g/mol. The van der Waals surface area contributed by atoms with E-state index in [0.29, 0.717) is 31.3 Å². The lowest BCUT2D eigenvalue weighted by atomic mass is 10.1. The molecule has 0 bridgehead atoms. The largest absolute Gasteiger partial charge is 0.409 e. The highest BCUT2D eigenvalue weighted by Crippen LogP contribution is 2.28. The van der Waals surface area contributed by atoms with Crippen molar-refractivity contribution in [1.29, 1.82) is 0 Å². The smallest absolute Gasteiger partial charge is 0.222 e. The lowest BCUT2D eigenvalue weighted by Crippen LogP contribution is -2.35. The highest BCUT2D eigenvalue weighted by Gasteiger charge is 2.31. The van der Waals surface area contributed by atoms with Crippen molar-refractivity contribution >= 4 is 11.7 Å². The molecule has 0 heterocycles. The minimum Gasteiger partial charge on any atom is -0.409 e. The summed E-state index contributed by atoms with van der Waals surface area (Å²) in [4.78, 5) is 13.9. The van der Waals surface area contributed by atoms with Crippen LogP contribution in [0.5, 0.6) is 0 Å². The SMILES string of the molecule is CC(C)CCC(=O)N(CC/C(N)=N/O)C1CC1. The molecule has 0 radical (unpaired) electrons. The fourth-order valence-corrected chi connectivity index (χ4v) is 1.74. The van der Waals surface area contributed by atoms with Gasteiger partial charge in [-0.3, -0.25) is 4.79 Å². The van der Waals surface area contributed by atoms with Crippen molar-refractivity contribution in [2.75, 3.05) is 6.54 Å². The molecule has 98 valence electrons. The quantitative estimate of drug-likeness (QED) is 0.307. The van der Waals surface area contributed by atoms with Gasteiger partial charge in [-0.25, -0.2) is 0 Å². The van der Waals surface area contributed by atoms with Gasteiger partial charge in [0, 0.05) is 25.4 Å². The van der Waals surface area contributed by atoms with Crippen LogP contribution in [0.1, 0.15) is 46.0 Å². The van der Waals surface area contributed by atoms with Crippen LogP contribution in [0.4, 0.5) is 0 Å². The van der Waals surface area contributed by atoms with Gasteiger partial charge < -0.3 is 15.8 Å². The lowest BCUT2D eigenvalue weighted by molar-refractivity contribution is -0.132. The molecular formula is C12H23N3O2. The van der Waals surface area contributed by atoms with Crippen LogP contribution >= 0.6 is 0 Å². The number of hydrogen-bond donors (Lipinski definition) is 2. The third-order valence-corrected chi connectivity index (χ3v) is 2.98. The first-order valence-corrected chi connectivity index (χ1v) is 6.30. The lowest BCUT2D eigenvalue weighted by Gasteiger charge is -2.22. The fourth-order valence-electron chi connectivity index (χ4n) is 1.74. The third-order valence-electron chi connectivity index (χ3n) is 2.98. The Hall–Kier alpha value is -1.26. The Kier molecular flexibility index (Phi) is 5.25. The molecule has 0 spiro atoms. The molecule has 0 unspecified atom stereocenters. The van der Waals surface area contributed by atoms with Gasteiger partial charge in [0.25, 0.3) is 0 Å². The van der Waals surface area contributed by atoms with Gasteiger partial charge in [0.05, 0.1) is 0 Å². The Labute approximate surface area is 103 Å². The average Bonchev–Trinajstić information content (AvgIpc) is 3.10. The second kappa shape index (κ2) is 6.47. The number of oxime groups is 1. The van der Waals surface area contributed by atoms with E-state index in [9.17, 15) is 4.79 Å². The summed E-state index contributed by atoms with van der Waals surface area (Å²) in [5.41, 5.74) is 5.43. The second-order valence-corrected chi connectivity index (χ2v) is 5.09.